The Morgan fingerprint density at radius 2 is 0.852 bits per heavy atom. The fourth-order valence-corrected chi connectivity index (χ4v) is 9.10. The Balaban J connectivity index is 0.918. The van der Waals surface area contributed by atoms with E-state index in [4.69, 9.17) is 14.4 Å². The summed E-state index contributed by atoms with van der Waals surface area (Å²) in [6.07, 6.45) is 0. The van der Waals surface area contributed by atoms with E-state index in [9.17, 15) is 0 Å². The van der Waals surface area contributed by atoms with Gasteiger partial charge in [-0.2, -0.15) is 0 Å². The molecule has 0 unspecified atom stereocenters. The van der Waals surface area contributed by atoms with Crippen LogP contribution in [0.25, 0.3) is 122 Å². The molecule has 0 saturated heterocycles. The molecule has 12 rings (SSSR count). The maximum Gasteiger partial charge on any atom is 0.160 e. The van der Waals surface area contributed by atoms with E-state index in [0.29, 0.717) is 5.82 Å². The number of hydrogen-bond donors (Lipinski definition) is 0. The van der Waals surface area contributed by atoms with Gasteiger partial charge < -0.3 is 4.42 Å². The van der Waals surface area contributed by atoms with E-state index in [1.54, 1.807) is 0 Å². The molecule has 0 atom stereocenters. The Hall–Kier alpha value is -8.14. The van der Waals surface area contributed by atoms with Crippen LogP contribution < -0.4 is 0 Å². The van der Waals surface area contributed by atoms with Gasteiger partial charge >= 0.3 is 0 Å². The van der Waals surface area contributed by atoms with Crippen LogP contribution >= 0.6 is 0 Å². The molecule has 0 saturated carbocycles. The summed E-state index contributed by atoms with van der Waals surface area (Å²) < 4.78 is 6.30. The summed E-state index contributed by atoms with van der Waals surface area (Å²) in [6.45, 7) is 0. The molecule has 0 amide bonds. The highest BCUT2D eigenvalue weighted by Gasteiger charge is 2.17. The van der Waals surface area contributed by atoms with E-state index in [-0.39, 0.29) is 0 Å². The van der Waals surface area contributed by atoms with Crippen molar-refractivity contribution in [2.24, 2.45) is 0 Å². The van der Waals surface area contributed by atoms with Crippen molar-refractivity contribution in [1.29, 1.82) is 0 Å². The molecule has 0 N–H and O–H groups in total. The molecule has 0 fully saturated rings. The summed E-state index contributed by atoms with van der Waals surface area (Å²) in [4.78, 5) is 10.4. The van der Waals surface area contributed by atoms with Crippen molar-refractivity contribution >= 4 is 54.3 Å². The molecule has 2 aromatic heterocycles. The van der Waals surface area contributed by atoms with Gasteiger partial charge in [0.05, 0.1) is 11.4 Å². The van der Waals surface area contributed by atoms with Gasteiger partial charge in [-0.15, -0.1) is 0 Å². The fourth-order valence-electron chi connectivity index (χ4n) is 9.10. The van der Waals surface area contributed by atoms with Crippen LogP contribution in [0.5, 0.6) is 0 Å². The Morgan fingerprint density at radius 3 is 1.66 bits per heavy atom. The maximum absolute atomic E-state index is 6.30. The smallest absolute Gasteiger partial charge is 0.160 e. The lowest BCUT2D eigenvalue weighted by atomic mass is 9.89. The molecule has 0 radical (unpaired) electrons. The van der Waals surface area contributed by atoms with E-state index in [2.05, 4.69) is 188 Å². The number of rotatable bonds is 6. The van der Waals surface area contributed by atoms with Crippen molar-refractivity contribution in [3.8, 4) is 67.3 Å². The predicted octanol–water partition coefficient (Wildman–Crippen LogP) is 15.8. The van der Waals surface area contributed by atoms with Gasteiger partial charge in [0.25, 0.3) is 0 Å². The van der Waals surface area contributed by atoms with Crippen LogP contribution in [0.1, 0.15) is 0 Å². The number of nitrogens with zero attached hydrogens (tertiary/aromatic N) is 2. The molecular formula is C58H36N2O. The van der Waals surface area contributed by atoms with Crippen molar-refractivity contribution in [1.82, 2.24) is 9.97 Å². The molecule has 61 heavy (non-hydrogen) atoms. The molecule has 12 aromatic rings. The number of para-hydroxylation sites is 1. The van der Waals surface area contributed by atoms with Gasteiger partial charge in [-0.1, -0.05) is 188 Å². The second-order valence-corrected chi connectivity index (χ2v) is 15.7. The SMILES string of the molecule is c1ccc(-c2nc(-c3ccc(-c4ccc(-c5c6ccccc6cc6c5ccc5ccccc56)cc4)cc3)cc(-c3ccccc3-c3ccc4c(c3)oc3ccccc34)n2)cc1. The first kappa shape index (κ1) is 34.9. The van der Waals surface area contributed by atoms with E-state index in [1.807, 2.05) is 30.3 Å². The lowest BCUT2D eigenvalue weighted by molar-refractivity contribution is 0.669. The summed E-state index contributed by atoms with van der Waals surface area (Å²) in [6, 6.07) is 77.6. The van der Waals surface area contributed by atoms with Gasteiger partial charge in [0.2, 0.25) is 0 Å². The molecule has 0 aliphatic heterocycles. The molecule has 10 aromatic carbocycles. The topological polar surface area (TPSA) is 38.9 Å². The van der Waals surface area contributed by atoms with Gasteiger partial charge in [-0.3, -0.25) is 0 Å². The average Bonchev–Trinajstić information content (AvgIpc) is 3.71. The molecule has 0 aliphatic rings. The summed E-state index contributed by atoms with van der Waals surface area (Å²) in [5.74, 6) is 0.685. The Kier molecular flexibility index (Phi) is 8.17. The third kappa shape index (κ3) is 6.06. The summed E-state index contributed by atoms with van der Waals surface area (Å²) in [5.41, 5.74) is 13.4. The summed E-state index contributed by atoms with van der Waals surface area (Å²) >= 11 is 0. The Bertz CT molecular complexity index is 3620. The van der Waals surface area contributed by atoms with E-state index < -0.39 is 0 Å². The van der Waals surface area contributed by atoms with Crippen LogP contribution in [-0.4, -0.2) is 9.97 Å². The number of hydrogen-bond acceptors (Lipinski definition) is 3. The quantitative estimate of drug-likeness (QED) is 0.125. The van der Waals surface area contributed by atoms with E-state index in [0.717, 1.165) is 72.3 Å². The van der Waals surface area contributed by atoms with Crippen LogP contribution in [0.15, 0.2) is 223 Å². The number of fused-ring (bicyclic) bond motifs is 7. The monoisotopic (exact) mass is 776 g/mol. The molecular weight excluding hydrogens is 741 g/mol. The fraction of sp³-hybridized carbons (Fsp3) is 0. The second-order valence-electron chi connectivity index (χ2n) is 15.7. The molecule has 0 bridgehead atoms. The normalized spacial score (nSPS) is 11.6. The first-order chi connectivity index (χ1) is 30.2. The minimum atomic E-state index is 0.685. The highest BCUT2D eigenvalue weighted by atomic mass is 16.3. The number of aromatic nitrogens is 2. The minimum absolute atomic E-state index is 0.685. The van der Waals surface area contributed by atoms with Crippen molar-refractivity contribution in [2.75, 3.05) is 0 Å². The highest BCUT2D eigenvalue weighted by Crippen LogP contribution is 2.41. The third-order valence-electron chi connectivity index (χ3n) is 12.1. The van der Waals surface area contributed by atoms with E-state index in [1.165, 1.54) is 43.4 Å². The van der Waals surface area contributed by atoms with Gasteiger partial charge in [0.15, 0.2) is 5.82 Å². The highest BCUT2D eigenvalue weighted by molar-refractivity contribution is 6.20. The van der Waals surface area contributed by atoms with Crippen LogP contribution in [0.4, 0.5) is 0 Å². The average molecular weight is 777 g/mol. The summed E-state index contributed by atoms with van der Waals surface area (Å²) in [7, 11) is 0. The molecule has 3 nitrogen and oxygen atoms in total. The van der Waals surface area contributed by atoms with Gasteiger partial charge in [0, 0.05) is 27.5 Å². The molecule has 284 valence electrons. The van der Waals surface area contributed by atoms with Crippen LogP contribution in [0, 0.1) is 0 Å². The van der Waals surface area contributed by atoms with Crippen molar-refractivity contribution in [3.63, 3.8) is 0 Å². The van der Waals surface area contributed by atoms with Gasteiger partial charge in [-0.25, -0.2) is 9.97 Å². The van der Waals surface area contributed by atoms with Gasteiger partial charge in [-0.05, 0) is 96.0 Å². The Morgan fingerprint density at radius 1 is 0.279 bits per heavy atom. The van der Waals surface area contributed by atoms with Crippen molar-refractivity contribution < 1.29 is 4.42 Å². The molecule has 2 heterocycles. The minimum Gasteiger partial charge on any atom is -0.456 e. The van der Waals surface area contributed by atoms with Crippen molar-refractivity contribution in [2.45, 2.75) is 0 Å². The number of furan rings is 1. The largest absolute Gasteiger partial charge is 0.456 e. The second kappa shape index (κ2) is 14.3. The van der Waals surface area contributed by atoms with E-state index >= 15 is 0 Å². The standard InChI is InChI=1S/C58H36N2O/c1-2-13-42(14-3-1)58-59-53(36-54(60-58)48-19-9-8-17-46(48)44-31-32-50-49-20-10-11-21-55(49)61-56(50)35-44)40-26-22-37(23-27-40)38-24-28-41(29-25-38)57-47-18-7-5-15-43(47)34-52-45-16-6-4-12-39(45)30-33-51(52)57/h1-36H. The van der Waals surface area contributed by atoms with Crippen LogP contribution in [-0.2, 0) is 0 Å². The maximum atomic E-state index is 6.30. The van der Waals surface area contributed by atoms with Crippen LogP contribution in [0.3, 0.4) is 0 Å². The first-order valence-electron chi connectivity index (χ1n) is 20.7. The summed E-state index contributed by atoms with van der Waals surface area (Å²) in [5, 5.41) is 9.82. The van der Waals surface area contributed by atoms with Gasteiger partial charge in [0.1, 0.15) is 11.2 Å². The lowest BCUT2D eigenvalue weighted by Gasteiger charge is -2.15. The van der Waals surface area contributed by atoms with Crippen LogP contribution in [0.2, 0.25) is 0 Å². The lowest BCUT2D eigenvalue weighted by Crippen LogP contribution is -1.97. The zero-order valence-corrected chi connectivity index (χ0v) is 33.1. The van der Waals surface area contributed by atoms with Crippen molar-refractivity contribution in [3.05, 3.63) is 218 Å². The Labute approximate surface area is 352 Å². The molecule has 0 aliphatic carbocycles. The zero-order chi connectivity index (χ0) is 40.3. The first-order valence-corrected chi connectivity index (χ1v) is 20.7. The molecule has 3 heteroatoms. The predicted molar refractivity (Wildman–Crippen MR) is 254 cm³/mol. The molecule has 0 spiro atoms. The zero-order valence-electron chi connectivity index (χ0n) is 33.1. The number of benzene rings is 10. The third-order valence-corrected chi connectivity index (χ3v) is 12.1.